The predicted octanol–water partition coefficient (Wildman–Crippen LogP) is 2.50. The number of methoxy groups -OCH3 is 3. The van der Waals surface area contributed by atoms with Gasteiger partial charge in [0, 0.05) is 12.1 Å². The Kier molecular flexibility index (Phi) is 7.85. The van der Waals surface area contributed by atoms with E-state index in [2.05, 4.69) is 4.98 Å². The Bertz CT molecular complexity index is 1290. The maximum Gasteiger partial charge on any atom is 0.330 e. The van der Waals surface area contributed by atoms with Gasteiger partial charge in [0.15, 0.2) is 17.2 Å². The molecule has 0 aliphatic heterocycles. The van der Waals surface area contributed by atoms with Gasteiger partial charge in [0.05, 0.1) is 27.9 Å². The summed E-state index contributed by atoms with van der Waals surface area (Å²) in [5, 5.41) is 0. The van der Waals surface area contributed by atoms with Crippen LogP contribution < -0.4 is 36.1 Å². The van der Waals surface area contributed by atoms with Gasteiger partial charge >= 0.3 is 5.69 Å². The number of carbonyl (C=O) groups is 1. The fourth-order valence-corrected chi connectivity index (χ4v) is 3.76. The number of rotatable bonds is 9. The van der Waals surface area contributed by atoms with Crippen molar-refractivity contribution in [3.05, 3.63) is 74.4 Å². The molecule has 0 saturated heterocycles. The number of benzene rings is 2. The second-order valence-electron chi connectivity index (χ2n) is 8.29. The zero-order valence-corrected chi connectivity index (χ0v) is 20.5. The average molecular weight is 483 g/mol. The van der Waals surface area contributed by atoms with Crippen molar-refractivity contribution in [2.75, 3.05) is 38.5 Å². The molecule has 3 rings (SSSR count). The van der Waals surface area contributed by atoms with Crippen LogP contribution in [0.4, 0.5) is 11.5 Å². The van der Waals surface area contributed by atoms with Crippen LogP contribution in [0, 0.1) is 5.92 Å². The fourth-order valence-electron chi connectivity index (χ4n) is 3.76. The number of ether oxygens (including phenoxy) is 3. The van der Waals surface area contributed by atoms with Gasteiger partial charge in [-0.15, -0.1) is 0 Å². The monoisotopic (exact) mass is 482 g/mol. The summed E-state index contributed by atoms with van der Waals surface area (Å²) in [6.45, 7) is 4.11. The summed E-state index contributed by atoms with van der Waals surface area (Å²) in [6.07, 6.45) is 0. The summed E-state index contributed by atoms with van der Waals surface area (Å²) in [5.41, 5.74) is 5.85. The molecule has 186 valence electrons. The fraction of sp³-hybridized carbons (Fsp3) is 0.320. The smallest absolute Gasteiger partial charge is 0.330 e. The molecule has 10 nitrogen and oxygen atoms in total. The zero-order chi connectivity index (χ0) is 25.7. The first kappa shape index (κ1) is 25.4. The topological polar surface area (TPSA) is 129 Å². The molecule has 2 aromatic carbocycles. The van der Waals surface area contributed by atoms with Crippen LogP contribution in [0.2, 0.25) is 0 Å². The van der Waals surface area contributed by atoms with Gasteiger partial charge in [0.2, 0.25) is 5.75 Å². The van der Waals surface area contributed by atoms with Crippen molar-refractivity contribution in [2.24, 2.45) is 5.92 Å². The number of carbonyl (C=O) groups excluding carboxylic acids is 1. The van der Waals surface area contributed by atoms with Crippen molar-refractivity contribution in [1.82, 2.24) is 9.55 Å². The second-order valence-corrected chi connectivity index (χ2v) is 8.29. The molecule has 0 aliphatic carbocycles. The average Bonchev–Trinajstić information content (AvgIpc) is 2.84. The molecule has 10 heteroatoms. The summed E-state index contributed by atoms with van der Waals surface area (Å²) >= 11 is 0. The molecule has 0 spiro atoms. The Balaban J connectivity index is 2.17. The second kappa shape index (κ2) is 10.8. The molecule has 0 radical (unpaired) electrons. The Morgan fingerprint density at radius 3 is 2.14 bits per heavy atom. The van der Waals surface area contributed by atoms with Crippen LogP contribution in [0.25, 0.3) is 0 Å². The van der Waals surface area contributed by atoms with Crippen LogP contribution in [0.15, 0.2) is 52.1 Å². The number of nitrogen functional groups attached to an aromatic ring is 1. The molecule has 35 heavy (non-hydrogen) atoms. The molecule has 3 aromatic rings. The number of aromatic amines is 1. The Labute approximate surface area is 202 Å². The van der Waals surface area contributed by atoms with Gasteiger partial charge in [-0.3, -0.25) is 19.1 Å². The highest BCUT2D eigenvalue weighted by molar-refractivity contribution is 6.08. The van der Waals surface area contributed by atoms with Crippen molar-refractivity contribution in [2.45, 2.75) is 20.4 Å². The minimum atomic E-state index is -0.752. The third kappa shape index (κ3) is 5.32. The molecule has 0 atom stereocenters. The van der Waals surface area contributed by atoms with Crippen LogP contribution in [0.5, 0.6) is 17.2 Å². The largest absolute Gasteiger partial charge is 0.493 e. The standard InChI is InChI=1S/C25H30N4O6/c1-15(2)13-28(24(31)17-11-18(33-3)21(35-5)19(12-17)34-4)20-22(26)29(25(32)27-23(20)30)14-16-9-7-6-8-10-16/h6-12,15H,13-14,26H2,1-5H3,(H,27,30,32). The minimum Gasteiger partial charge on any atom is -0.493 e. The number of H-pyrrole nitrogens is 1. The maximum absolute atomic E-state index is 13.8. The van der Waals surface area contributed by atoms with Gasteiger partial charge in [0.25, 0.3) is 11.5 Å². The van der Waals surface area contributed by atoms with Gasteiger partial charge in [-0.1, -0.05) is 44.2 Å². The van der Waals surface area contributed by atoms with E-state index in [0.717, 1.165) is 5.56 Å². The van der Waals surface area contributed by atoms with Crippen LogP contribution in [0.1, 0.15) is 29.8 Å². The molecule has 1 heterocycles. The van der Waals surface area contributed by atoms with E-state index in [1.165, 1.54) is 42.9 Å². The van der Waals surface area contributed by atoms with Gasteiger partial charge < -0.3 is 24.8 Å². The van der Waals surface area contributed by atoms with E-state index in [4.69, 9.17) is 19.9 Å². The van der Waals surface area contributed by atoms with Gasteiger partial charge in [-0.25, -0.2) is 4.79 Å². The molecule has 3 N–H and O–H groups in total. The summed E-state index contributed by atoms with van der Waals surface area (Å²) in [5.74, 6) is 0.264. The Hall–Kier alpha value is -4.21. The number of nitrogens with two attached hydrogens (primary N) is 1. The zero-order valence-electron chi connectivity index (χ0n) is 20.5. The van der Waals surface area contributed by atoms with E-state index in [0.29, 0.717) is 5.75 Å². The Morgan fingerprint density at radius 1 is 1.03 bits per heavy atom. The first-order valence-electron chi connectivity index (χ1n) is 11.0. The number of nitrogens with zero attached hydrogens (tertiary/aromatic N) is 2. The van der Waals surface area contributed by atoms with Crippen LogP contribution in [-0.2, 0) is 6.54 Å². The molecule has 0 bridgehead atoms. The van der Waals surface area contributed by atoms with Crippen molar-refractivity contribution >= 4 is 17.4 Å². The molecule has 0 aliphatic rings. The molecule has 0 unspecified atom stereocenters. The van der Waals surface area contributed by atoms with Crippen LogP contribution in [-0.4, -0.2) is 43.3 Å². The van der Waals surface area contributed by atoms with Gasteiger partial charge in [-0.05, 0) is 23.6 Å². The lowest BCUT2D eigenvalue weighted by atomic mass is 10.1. The molecule has 1 aromatic heterocycles. The third-order valence-electron chi connectivity index (χ3n) is 5.37. The minimum absolute atomic E-state index is 0.0192. The van der Waals surface area contributed by atoms with Gasteiger partial charge in [-0.2, -0.15) is 0 Å². The number of hydrogen-bond donors (Lipinski definition) is 2. The van der Waals surface area contributed by atoms with E-state index in [9.17, 15) is 14.4 Å². The van der Waals surface area contributed by atoms with E-state index in [1.54, 1.807) is 0 Å². The Morgan fingerprint density at radius 2 is 1.63 bits per heavy atom. The molecule has 0 fully saturated rings. The quantitative estimate of drug-likeness (QED) is 0.479. The summed E-state index contributed by atoms with van der Waals surface area (Å²) in [6, 6.07) is 12.2. The maximum atomic E-state index is 13.8. The number of anilines is 2. The highest BCUT2D eigenvalue weighted by atomic mass is 16.5. The third-order valence-corrected chi connectivity index (χ3v) is 5.37. The molecule has 0 saturated carbocycles. The highest BCUT2D eigenvalue weighted by Gasteiger charge is 2.28. The lowest BCUT2D eigenvalue weighted by Gasteiger charge is -2.26. The van der Waals surface area contributed by atoms with Crippen molar-refractivity contribution in [1.29, 1.82) is 0 Å². The predicted molar refractivity (Wildman–Crippen MR) is 134 cm³/mol. The first-order valence-corrected chi connectivity index (χ1v) is 11.0. The summed E-state index contributed by atoms with van der Waals surface area (Å²) < 4.78 is 17.3. The van der Waals surface area contributed by atoms with Crippen LogP contribution in [0.3, 0.4) is 0 Å². The number of nitrogens with one attached hydrogen (secondary N) is 1. The van der Waals surface area contributed by atoms with Crippen molar-refractivity contribution in [3.63, 3.8) is 0 Å². The lowest BCUT2D eigenvalue weighted by molar-refractivity contribution is 0.0982. The highest BCUT2D eigenvalue weighted by Crippen LogP contribution is 2.38. The number of hydrogen-bond acceptors (Lipinski definition) is 7. The molecular weight excluding hydrogens is 452 g/mol. The lowest BCUT2D eigenvalue weighted by Crippen LogP contribution is -2.42. The van der Waals surface area contributed by atoms with E-state index >= 15 is 0 Å². The molecular formula is C25H30N4O6. The summed E-state index contributed by atoms with van der Waals surface area (Å²) in [4.78, 5) is 42.9. The SMILES string of the molecule is COc1cc(C(=O)N(CC(C)C)c2c(N)n(Cc3ccccc3)c(=O)[nH]c2=O)cc(OC)c1OC. The summed E-state index contributed by atoms with van der Waals surface area (Å²) in [7, 11) is 4.35. The van der Waals surface area contributed by atoms with Crippen molar-refractivity contribution < 1.29 is 19.0 Å². The van der Waals surface area contributed by atoms with E-state index in [1.807, 2.05) is 44.2 Å². The first-order chi connectivity index (χ1) is 16.7. The van der Waals surface area contributed by atoms with Gasteiger partial charge in [0.1, 0.15) is 5.82 Å². The number of aromatic nitrogens is 2. The van der Waals surface area contributed by atoms with E-state index in [-0.39, 0.29) is 47.6 Å². The van der Waals surface area contributed by atoms with Crippen molar-refractivity contribution in [3.8, 4) is 17.2 Å². The van der Waals surface area contributed by atoms with E-state index < -0.39 is 17.2 Å². The normalized spacial score (nSPS) is 10.8. The van der Waals surface area contributed by atoms with Crippen LogP contribution >= 0.6 is 0 Å². The number of amides is 1. The molecule has 1 amide bonds.